The first-order chi connectivity index (χ1) is 9.95. The van der Waals surface area contributed by atoms with Gasteiger partial charge in [0.1, 0.15) is 5.75 Å². The van der Waals surface area contributed by atoms with Gasteiger partial charge in [-0.1, -0.05) is 23.7 Å². The number of ketones is 1. The summed E-state index contributed by atoms with van der Waals surface area (Å²) in [6.07, 6.45) is 0.0834. The Morgan fingerprint density at radius 1 is 1.19 bits per heavy atom. The van der Waals surface area contributed by atoms with Crippen molar-refractivity contribution in [2.45, 2.75) is 26.9 Å². The van der Waals surface area contributed by atoms with Crippen LogP contribution in [-0.2, 0) is 0 Å². The van der Waals surface area contributed by atoms with Crippen molar-refractivity contribution >= 4 is 28.8 Å². The zero-order valence-corrected chi connectivity index (χ0v) is 13.1. The van der Waals surface area contributed by atoms with Crippen LogP contribution in [0.15, 0.2) is 42.5 Å². The standard InChI is InChI=1S/C17H18ClNO2/c1-11(2)21-17-7-5-4-6-16(17)19-15-9-13(12(3)20)8-14(18)10-15/h4-11,19H,1-3H3. The second kappa shape index (κ2) is 6.64. The largest absolute Gasteiger partial charge is 0.489 e. The van der Waals surface area contributed by atoms with E-state index in [0.717, 1.165) is 17.1 Å². The van der Waals surface area contributed by atoms with Crippen LogP contribution in [0.2, 0.25) is 5.02 Å². The molecule has 0 atom stereocenters. The third-order valence-corrected chi connectivity index (χ3v) is 3.05. The van der Waals surface area contributed by atoms with Gasteiger partial charge in [0.05, 0.1) is 11.8 Å². The van der Waals surface area contributed by atoms with E-state index in [0.29, 0.717) is 10.6 Å². The summed E-state index contributed by atoms with van der Waals surface area (Å²) in [4.78, 5) is 11.5. The van der Waals surface area contributed by atoms with Crippen molar-refractivity contribution in [3.05, 3.63) is 53.1 Å². The smallest absolute Gasteiger partial charge is 0.159 e. The Bertz CT molecular complexity index is 653. The Morgan fingerprint density at radius 3 is 2.57 bits per heavy atom. The van der Waals surface area contributed by atoms with E-state index in [2.05, 4.69) is 5.32 Å². The number of Topliss-reactive ketones (excluding diaryl/α,β-unsaturated/α-hetero) is 1. The van der Waals surface area contributed by atoms with Gasteiger partial charge in [0, 0.05) is 16.3 Å². The number of ether oxygens (including phenoxy) is 1. The lowest BCUT2D eigenvalue weighted by Gasteiger charge is -2.16. The first-order valence-corrected chi connectivity index (χ1v) is 7.17. The molecule has 0 heterocycles. The fourth-order valence-electron chi connectivity index (χ4n) is 1.95. The van der Waals surface area contributed by atoms with Crippen LogP contribution in [0.25, 0.3) is 0 Å². The van der Waals surface area contributed by atoms with Gasteiger partial charge in [-0.3, -0.25) is 4.79 Å². The van der Waals surface area contributed by atoms with E-state index >= 15 is 0 Å². The summed E-state index contributed by atoms with van der Waals surface area (Å²) in [6, 6.07) is 12.9. The van der Waals surface area contributed by atoms with Gasteiger partial charge < -0.3 is 10.1 Å². The summed E-state index contributed by atoms with van der Waals surface area (Å²) in [5.74, 6) is 0.740. The molecule has 0 amide bonds. The predicted octanol–water partition coefficient (Wildman–Crippen LogP) is 5.07. The van der Waals surface area contributed by atoms with Gasteiger partial charge in [0.25, 0.3) is 0 Å². The van der Waals surface area contributed by atoms with Crippen LogP contribution in [-0.4, -0.2) is 11.9 Å². The Hall–Kier alpha value is -2.00. The number of para-hydroxylation sites is 2. The molecule has 0 saturated carbocycles. The van der Waals surface area contributed by atoms with E-state index in [1.54, 1.807) is 18.2 Å². The maximum Gasteiger partial charge on any atom is 0.159 e. The highest BCUT2D eigenvalue weighted by atomic mass is 35.5. The zero-order chi connectivity index (χ0) is 15.4. The molecule has 0 aliphatic heterocycles. The molecule has 0 spiro atoms. The SMILES string of the molecule is CC(=O)c1cc(Cl)cc(Nc2ccccc2OC(C)C)c1. The Kier molecular flexibility index (Phi) is 4.86. The number of rotatable bonds is 5. The average Bonchev–Trinajstić information content (AvgIpc) is 2.39. The second-order valence-corrected chi connectivity index (χ2v) is 5.51. The minimum Gasteiger partial charge on any atom is -0.489 e. The number of halogens is 1. The molecule has 0 radical (unpaired) electrons. The van der Waals surface area contributed by atoms with E-state index in [4.69, 9.17) is 16.3 Å². The molecule has 110 valence electrons. The van der Waals surface area contributed by atoms with Crippen molar-refractivity contribution in [1.29, 1.82) is 0 Å². The van der Waals surface area contributed by atoms with E-state index < -0.39 is 0 Å². The van der Waals surface area contributed by atoms with Crippen molar-refractivity contribution in [3.63, 3.8) is 0 Å². The molecular formula is C17H18ClNO2. The average molecular weight is 304 g/mol. The summed E-state index contributed by atoms with van der Waals surface area (Å²) in [6.45, 7) is 5.47. The Morgan fingerprint density at radius 2 is 1.90 bits per heavy atom. The van der Waals surface area contributed by atoms with Crippen LogP contribution in [0.1, 0.15) is 31.1 Å². The number of hydrogen-bond donors (Lipinski definition) is 1. The van der Waals surface area contributed by atoms with Crippen molar-refractivity contribution < 1.29 is 9.53 Å². The second-order valence-electron chi connectivity index (χ2n) is 5.07. The number of benzene rings is 2. The maximum atomic E-state index is 11.5. The molecule has 21 heavy (non-hydrogen) atoms. The molecule has 0 aliphatic rings. The minimum atomic E-state index is -0.0211. The van der Waals surface area contributed by atoms with E-state index in [9.17, 15) is 4.79 Å². The number of carbonyl (C=O) groups excluding carboxylic acids is 1. The van der Waals surface area contributed by atoms with Gasteiger partial charge >= 0.3 is 0 Å². The molecule has 2 aromatic rings. The number of hydrogen-bond acceptors (Lipinski definition) is 3. The normalized spacial score (nSPS) is 10.5. The molecule has 0 unspecified atom stereocenters. The topological polar surface area (TPSA) is 38.3 Å². The molecule has 3 nitrogen and oxygen atoms in total. The third kappa shape index (κ3) is 4.23. The van der Waals surface area contributed by atoms with Crippen LogP contribution in [0, 0.1) is 0 Å². The molecule has 2 aromatic carbocycles. The highest BCUT2D eigenvalue weighted by Gasteiger charge is 2.08. The highest BCUT2D eigenvalue weighted by Crippen LogP contribution is 2.30. The molecule has 2 rings (SSSR count). The summed E-state index contributed by atoms with van der Waals surface area (Å²) in [5.41, 5.74) is 2.17. The maximum absolute atomic E-state index is 11.5. The first-order valence-electron chi connectivity index (χ1n) is 6.80. The van der Waals surface area contributed by atoms with Crippen molar-refractivity contribution in [2.75, 3.05) is 5.32 Å². The van der Waals surface area contributed by atoms with Crippen LogP contribution >= 0.6 is 11.6 Å². The van der Waals surface area contributed by atoms with E-state index in [1.165, 1.54) is 6.92 Å². The number of anilines is 2. The van der Waals surface area contributed by atoms with Crippen LogP contribution in [0.5, 0.6) is 5.75 Å². The number of nitrogens with one attached hydrogen (secondary N) is 1. The van der Waals surface area contributed by atoms with Gasteiger partial charge in [-0.2, -0.15) is 0 Å². The summed E-state index contributed by atoms with van der Waals surface area (Å²) in [5, 5.41) is 3.77. The lowest BCUT2D eigenvalue weighted by molar-refractivity contribution is 0.101. The predicted molar refractivity (Wildman–Crippen MR) is 86.9 cm³/mol. The van der Waals surface area contributed by atoms with Gasteiger partial charge in [-0.05, 0) is 51.1 Å². The quantitative estimate of drug-likeness (QED) is 0.783. The summed E-state index contributed by atoms with van der Waals surface area (Å²) < 4.78 is 5.76. The Balaban J connectivity index is 2.32. The van der Waals surface area contributed by atoms with Gasteiger partial charge in [0.2, 0.25) is 0 Å². The lowest BCUT2D eigenvalue weighted by atomic mass is 10.1. The lowest BCUT2D eigenvalue weighted by Crippen LogP contribution is -2.07. The molecule has 0 saturated heterocycles. The molecular weight excluding hydrogens is 286 g/mol. The van der Waals surface area contributed by atoms with E-state index in [-0.39, 0.29) is 11.9 Å². The van der Waals surface area contributed by atoms with Crippen molar-refractivity contribution in [2.24, 2.45) is 0 Å². The molecule has 0 fully saturated rings. The van der Waals surface area contributed by atoms with E-state index in [1.807, 2.05) is 38.1 Å². The summed E-state index contributed by atoms with van der Waals surface area (Å²) in [7, 11) is 0. The molecule has 0 aliphatic carbocycles. The van der Waals surface area contributed by atoms with Crippen LogP contribution in [0.3, 0.4) is 0 Å². The molecule has 0 bridgehead atoms. The van der Waals surface area contributed by atoms with Crippen LogP contribution < -0.4 is 10.1 Å². The monoisotopic (exact) mass is 303 g/mol. The Labute approximate surface area is 129 Å². The van der Waals surface area contributed by atoms with Crippen molar-refractivity contribution in [1.82, 2.24) is 0 Å². The fraction of sp³-hybridized carbons (Fsp3) is 0.235. The van der Waals surface area contributed by atoms with Crippen molar-refractivity contribution in [3.8, 4) is 5.75 Å². The minimum absolute atomic E-state index is 0.0211. The molecule has 1 N–H and O–H groups in total. The molecule has 4 heteroatoms. The first kappa shape index (κ1) is 15.4. The van der Waals surface area contributed by atoms with Gasteiger partial charge in [-0.25, -0.2) is 0 Å². The van der Waals surface area contributed by atoms with Gasteiger partial charge in [-0.15, -0.1) is 0 Å². The van der Waals surface area contributed by atoms with Gasteiger partial charge in [0.15, 0.2) is 5.78 Å². The molecule has 0 aromatic heterocycles. The van der Waals surface area contributed by atoms with Crippen LogP contribution in [0.4, 0.5) is 11.4 Å². The zero-order valence-electron chi connectivity index (χ0n) is 12.3. The number of carbonyl (C=O) groups is 1. The third-order valence-electron chi connectivity index (χ3n) is 2.83. The highest BCUT2D eigenvalue weighted by molar-refractivity contribution is 6.31. The fourth-order valence-corrected chi connectivity index (χ4v) is 2.18. The summed E-state index contributed by atoms with van der Waals surface area (Å²) >= 11 is 6.06.